The van der Waals surface area contributed by atoms with E-state index in [1.807, 2.05) is 0 Å². The van der Waals surface area contributed by atoms with E-state index in [1.165, 1.54) is 6.07 Å². The summed E-state index contributed by atoms with van der Waals surface area (Å²) < 4.78 is 38.1. The van der Waals surface area contributed by atoms with Gasteiger partial charge < -0.3 is 10.5 Å². The zero-order chi connectivity index (χ0) is 9.19. The van der Waals surface area contributed by atoms with Gasteiger partial charge in [-0.3, -0.25) is 0 Å². The highest BCUT2D eigenvalue weighted by Gasteiger charge is 2.31. The van der Waals surface area contributed by atoms with Gasteiger partial charge in [-0.1, -0.05) is 0 Å². The predicted octanol–water partition coefficient (Wildman–Crippen LogP) is 2.41. The summed E-state index contributed by atoms with van der Waals surface area (Å²) in [6.45, 7) is 0. The van der Waals surface area contributed by atoms with Gasteiger partial charge in [-0.15, -0.1) is 38.0 Å². The minimum atomic E-state index is -4.71. The van der Waals surface area contributed by atoms with Crippen molar-refractivity contribution in [3.8, 4) is 5.88 Å². The van der Waals surface area contributed by atoms with E-state index in [1.54, 1.807) is 0 Å². The Balaban J connectivity index is 0. The van der Waals surface area contributed by atoms with E-state index in [-0.39, 0.29) is 30.5 Å². The van der Waals surface area contributed by atoms with Crippen LogP contribution in [0.3, 0.4) is 0 Å². The highest BCUT2D eigenvalue weighted by Crippen LogP contribution is 2.20. The number of hydrogen-bond acceptors (Lipinski definition) is 3. The molecule has 0 fully saturated rings. The van der Waals surface area contributed by atoms with Crippen molar-refractivity contribution in [1.82, 2.24) is 4.98 Å². The third-order valence-corrected chi connectivity index (χ3v) is 0.980. The maximum Gasteiger partial charge on any atom is 0.574 e. The molecule has 1 aromatic heterocycles. The fourth-order valence-electron chi connectivity index (χ4n) is 0.571. The molecule has 1 aromatic rings. The second-order valence-electron chi connectivity index (χ2n) is 1.98. The van der Waals surface area contributed by atoms with Crippen LogP contribution in [0.5, 0.6) is 5.88 Å². The molecule has 0 saturated carbocycles. The van der Waals surface area contributed by atoms with Crippen LogP contribution >= 0.6 is 24.8 Å². The number of pyridine rings is 1. The highest BCUT2D eigenvalue weighted by molar-refractivity contribution is 5.85. The van der Waals surface area contributed by atoms with Crippen molar-refractivity contribution in [3.05, 3.63) is 18.3 Å². The zero-order valence-electron chi connectivity index (χ0n) is 6.62. The molecule has 2 N–H and O–H groups in total. The molecule has 0 bridgehead atoms. The number of nitrogens with two attached hydrogens (primary N) is 1. The van der Waals surface area contributed by atoms with E-state index >= 15 is 0 Å². The summed E-state index contributed by atoms with van der Waals surface area (Å²) >= 11 is 0. The van der Waals surface area contributed by atoms with Crippen LogP contribution < -0.4 is 10.5 Å². The monoisotopic (exact) mass is 250 g/mol. The van der Waals surface area contributed by atoms with Crippen LogP contribution in [0.25, 0.3) is 0 Å². The largest absolute Gasteiger partial charge is 0.574 e. The maximum atomic E-state index is 11.5. The Bertz CT molecular complexity index is 265. The third kappa shape index (κ3) is 5.71. The predicted molar refractivity (Wildman–Crippen MR) is 49.8 cm³/mol. The van der Waals surface area contributed by atoms with Crippen LogP contribution in [0.15, 0.2) is 18.3 Å². The minimum Gasteiger partial charge on any atom is -0.397 e. The minimum absolute atomic E-state index is 0. The number of halogens is 5. The normalized spacial score (nSPS) is 9.64. The Morgan fingerprint density at radius 2 is 1.79 bits per heavy atom. The molecule has 82 valence electrons. The van der Waals surface area contributed by atoms with Gasteiger partial charge in [-0.05, 0) is 6.07 Å². The van der Waals surface area contributed by atoms with Crippen molar-refractivity contribution in [2.75, 3.05) is 5.73 Å². The summed E-state index contributed by atoms with van der Waals surface area (Å²) in [4.78, 5) is 3.30. The molecule has 0 aromatic carbocycles. The first-order valence-electron chi connectivity index (χ1n) is 2.95. The van der Waals surface area contributed by atoms with E-state index < -0.39 is 12.2 Å². The van der Waals surface area contributed by atoms with Crippen molar-refractivity contribution in [3.63, 3.8) is 0 Å². The lowest BCUT2D eigenvalue weighted by atomic mass is 10.4. The van der Waals surface area contributed by atoms with E-state index in [2.05, 4.69) is 9.72 Å². The Kier molecular flexibility index (Phi) is 6.42. The van der Waals surface area contributed by atoms with Gasteiger partial charge >= 0.3 is 6.36 Å². The van der Waals surface area contributed by atoms with Gasteiger partial charge in [-0.25, -0.2) is 4.98 Å². The van der Waals surface area contributed by atoms with E-state index in [9.17, 15) is 13.2 Å². The number of nitrogen functional groups attached to an aromatic ring is 1. The molecule has 0 unspecified atom stereocenters. The van der Waals surface area contributed by atoms with E-state index in [0.717, 1.165) is 12.3 Å². The number of nitrogens with zero attached hydrogens (tertiary/aromatic N) is 1. The van der Waals surface area contributed by atoms with Crippen LogP contribution in [0.1, 0.15) is 0 Å². The quantitative estimate of drug-likeness (QED) is 0.833. The van der Waals surface area contributed by atoms with Gasteiger partial charge in [0.15, 0.2) is 0 Å². The number of rotatable bonds is 1. The molecule has 0 aliphatic heterocycles. The topological polar surface area (TPSA) is 48.1 Å². The first-order chi connectivity index (χ1) is 5.47. The molecule has 0 aliphatic carbocycles. The van der Waals surface area contributed by atoms with Gasteiger partial charge in [0.1, 0.15) is 0 Å². The number of anilines is 1. The highest BCUT2D eigenvalue weighted by atomic mass is 35.5. The van der Waals surface area contributed by atoms with Crippen LogP contribution in [-0.4, -0.2) is 11.3 Å². The number of alkyl halides is 3. The Labute approximate surface area is 90.3 Å². The van der Waals surface area contributed by atoms with Crippen LogP contribution in [0.2, 0.25) is 0 Å². The summed E-state index contributed by atoms with van der Waals surface area (Å²) in [5, 5.41) is 0. The maximum absolute atomic E-state index is 11.5. The summed E-state index contributed by atoms with van der Waals surface area (Å²) in [6.07, 6.45) is -3.62. The van der Waals surface area contributed by atoms with Gasteiger partial charge in [0.25, 0.3) is 0 Å². The fraction of sp³-hybridized carbons (Fsp3) is 0.167. The van der Waals surface area contributed by atoms with Crippen molar-refractivity contribution in [1.29, 1.82) is 0 Å². The lowest BCUT2D eigenvalue weighted by Crippen LogP contribution is -2.17. The number of aromatic nitrogens is 1. The average molecular weight is 251 g/mol. The molecule has 3 nitrogen and oxygen atoms in total. The Morgan fingerprint density at radius 3 is 2.14 bits per heavy atom. The van der Waals surface area contributed by atoms with Crippen molar-refractivity contribution in [2.45, 2.75) is 6.36 Å². The molecule has 0 radical (unpaired) electrons. The zero-order valence-corrected chi connectivity index (χ0v) is 8.25. The van der Waals surface area contributed by atoms with Crippen LogP contribution in [-0.2, 0) is 0 Å². The van der Waals surface area contributed by atoms with Crippen molar-refractivity contribution >= 4 is 30.5 Å². The lowest BCUT2D eigenvalue weighted by molar-refractivity contribution is -0.276. The summed E-state index contributed by atoms with van der Waals surface area (Å²) in [6, 6.07) is 2.32. The molecule has 14 heavy (non-hydrogen) atoms. The molecule has 0 spiro atoms. The SMILES string of the molecule is Cl.Cl.Nc1ccc(OC(F)(F)F)nc1. The third-order valence-electron chi connectivity index (χ3n) is 0.980. The molecule has 0 amide bonds. The molecular weight excluding hydrogens is 244 g/mol. The smallest absolute Gasteiger partial charge is 0.397 e. The van der Waals surface area contributed by atoms with Gasteiger partial charge in [0.2, 0.25) is 5.88 Å². The second-order valence-corrected chi connectivity index (χ2v) is 1.98. The van der Waals surface area contributed by atoms with Crippen molar-refractivity contribution in [2.24, 2.45) is 0 Å². The molecule has 0 aliphatic rings. The Hall–Kier alpha value is -0.880. The fourth-order valence-corrected chi connectivity index (χ4v) is 0.571. The molecule has 1 rings (SSSR count). The van der Waals surface area contributed by atoms with Crippen molar-refractivity contribution < 1.29 is 17.9 Å². The molecule has 0 saturated heterocycles. The molecular formula is C6H7Cl2F3N2O. The second kappa shape index (κ2) is 5.77. The standard InChI is InChI=1S/C6H5F3N2O.2ClH/c7-6(8,9)12-5-2-1-4(10)3-11-5;;/h1-3H,10H2;2*1H. The van der Waals surface area contributed by atoms with Gasteiger partial charge in [0, 0.05) is 6.07 Å². The van der Waals surface area contributed by atoms with Crippen LogP contribution in [0, 0.1) is 0 Å². The summed E-state index contributed by atoms with van der Waals surface area (Å²) in [7, 11) is 0. The molecule has 1 heterocycles. The lowest BCUT2D eigenvalue weighted by Gasteiger charge is -2.06. The first kappa shape index (κ1) is 15.6. The summed E-state index contributed by atoms with van der Waals surface area (Å²) in [5.74, 6) is -0.517. The Morgan fingerprint density at radius 1 is 1.21 bits per heavy atom. The average Bonchev–Trinajstić information content (AvgIpc) is 1.91. The van der Waals surface area contributed by atoms with Gasteiger partial charge in [-0.2, -0.15) is 0 Å². The number of hydrogen-bond donors (Lipinski definition) is 1. The molecule has 0 atom stereocenters. The number of ether oxygens (including phenoxy) is 1. The summed E-state index contributed by atoms with van der Waals surface area (Å²) in [5.41, 5.74) is 5.47. The van der Waals surface area contributed by atoms with E-state index in [0.29, 0.717) is 0 Å². The van der Waals surface area contributed by atoms with Gasteiger partial charge in [0.05, 0.1) is 11.9 Å². The molecule has 8 heteroatoms. The first-order valence-corrected chi connectivity index (χ1v) is 2.95. The van der Waals surface area contributed by atoms with E-state index in [4.69, 9.17) is 5.73 Å². The van der Waals surface area contributed by atoms with Crippen LogP contribution in [0.4, 0.5) is 18.9 Å².